The number of methoxy groups -OCH3 is 1. The number of fused-ring (bicyclic) bond motifs is 3. The first-order chi connectivity index (χ1) is 15.4. The molecular formula is C26H31NO5. The van der Waals surface area contributed by atoms with E-state index < -0.39 is 17.6 Å². The van der Waals surface area contributed by atoms with Gasteiger partial charge < -0.3 is 14.6 Å². The summed E-state index contributed by atoms with van der Waals surface area (Å²) in [6.45, 7) is 3.86. The highest BCUT2D eigenvalue weighted by molar-refractivity contribution is 5.85. The molecule has 1 N–H and O–H groups in total. The molecule has 2 aromatic rings. The van der Waals surface area contributed by atoms with Crippen LogP contribution in [0.5, 0.6) is 0 Å². The van der Waals surface area contributed by atoms with E-state index in [0.29, 0.717) is 25.7 Å². The second kappa shape index (κ2) is 8.94. The van der Waals surface area contributed by atoms with Crippen LogP contribution in [-0.4, -0.2) is 53.5 Å². The lowest BCUT2D eigenvalue weighted by Gasteiger charge is -2.45. The van der Waals surface area contributed by atoms with Crippen LogP contribution in [0.4, 0.5) is 4.79 Å². The molecule has 0 saturated heterocycles. The van der Waals surface area contributed by atoms with Gasteiger partial charge in [-0.05, 0) is 61.8 Å². The summed E-state index contributed by atoms with van der Waals surface area (Å²) in [6.07, 6.45) is 1.36. The van der Waals surface area contributed by atoms with E-state index in [1.807, 2.05) is 38.1 Å². The summed E-state index contributed by atoms with van der Waals surface area (Å²) in [5, 5.41) is 10.2. The Kier molecular flexibility index (Phi) is 6.24. The van der Waals surface area contributed by atoms with Crippen molar-refractivity contribution in [1.82, 2.24) is 4.90 Å². The van der Waals surface area contributed by atoms with Crippen LogP contribution in [-0.2, 0) is 14.3 Å². The highest BCUT2D eigenvalue weighted by Gasteiger charge is 2.51. The van der Waals surface area contributed by atoms with Crippen LogP contribution in [0.1, 0.15) is 56.6 Å². The summed E-state index contributed by atoms with van der Waals surface area (Å²) < 4.78 is 11.3. The minimum Gasteiger partial charge on any atom is -0.479 e. The predicted octanol–water partition coefficient (Wildman–Crippen LogP) is 5.06. The van der Waals surface area contributed by atoms with Crippen LogP contribution in [0.25, 0.3) is 11.1 Å². The summed E-state index contributed by atoms with van der Waals surface area (Å²) >= 11 is 0. The topological polar surface area (TPSA) is 76.1 Å². The van der Waals surface area contributed by atoms with Gasteiger partial charge in [-0.3, -0.25) is 4.90 Å². The van der Waals surface area contributed by atoms with Crippen molar-refractivity contribution in [2.75, 3.05) is 13.7 Å². The molecule has 2 aliphatic carbocycles. The average Bonchev–Trinajstić information content (AvgIpc) is 3.11. The van der Waals surface area contributed by atoms with E-state index in [9.17, 15) is 14.7 Å². The summed E-state index contributed by atoms with van der Waals surface area (Å²) in [5.41, 5.74) is 3.30. The molecule has 1 amide bonds. The maximum absolute atomic E-state index is 13.3. The van der Waals surface area contributed by atoms with Crippen LogP contribution in [0.15, 0.2) is 48.5 Å². The molecule has 32 heavy (non-hydrogen) atoms. The lowest BCUT2D eigenvalue weighted by atomic mass is 9.78. The number of carboxylic acid groups (broad SMARTS) is 1. The van der Waals surface area contributed by atoms with E-state index in [1.165, 1.54) is 4.90 Å². The largest absolute Gasteiger partial charge is 0.479 e. The van der Waals surface area contributed by atoms with Gasteiger partial charge in [0, 0.05) is 19.1 Å². The number of carbonyl (C=O) groups excluding carboxylic acids is 1. The molecule has 0 bridgehead atoms. The fraction of sp³-hybridized carbons (Fsp3) is 0.462. The van der Waals surface area contributed by atoms with E-state index in [0.717, 1.165) is 22.3 Å². The maximum Gasteiger partial charge on any atom is 0.410 e. The quantitative estimate of drug-likeness (QED) is 0.684. The fourth-order valence-electron chi connectivity index (χ4n) is 5.41. The van der Waals surface area contributed by atoms with E-state index in [2.05, 4.69) is 24.3 Å². The Morgan fingerprint density at radius 1 is 1.03 bits per heavy atom. The first-order valence-corrected chi connectivity index (χ1v) is 11.3. The van der Waals surface area contributed by atoms with Crippen LogP contribution in [0.3, 0.4) is 0 Å². The lowest BCUT2D eigenvalue weighted by Crippen LogP contribution is -2.61. The van der Waals surface area contributed by atoms with Crippen molar-refractivity contribution < 1.29 is 24.2 Å². The van der Waals surface area contributed by atoms with Gasteiger partial charge >= 0.3 is 12.1 Å². The number of carboxylic acids is 1. The SMILES string of the molecule is COC1CCC(C(=O)O)(N(C(=O)OCC2c3ccccc3-c3ccccc32)C(C)C)CC1. The standard InChI is InChI=1S/C26H31NO5/c1-17(2)27(26(24(28)29)14-12-18(31-3)13-15-26)25(30)32-16-23-21-10-6-4-8-19(21)20-9-5-7-11-22(20)23/h4-11,17-18,23H,12-16H2,1-3H3,(H,28,29). The molecular weight excluding hydrogens is 406 g/mol. The summed E-state index contributed by atoms with van der Waals surface area (Å²) in [5.74, 6) is -1.04. The van der Waals surface area contributed by atoms with Gasteiger partial charge in [-0.2, -0.15) is 0 Å². The van der Waals surface area contributed by atoms with Gasteiger partial charge in [-0.15, -0.1) is 0 Å². The predicted molar refractivity (Wildman–Crippen MR) is 122 cm³/mol. The number of nitrogens with zero attached hydrogens (tertiary/aromatic N) is 1. The smallest absolute Gasteiger partial charge is 0.410 e. The highest BCUT2D eigenvalue weighted by atomic mass is 16.6. The van der Waals surface area contributed by atoms with Crippen LogP contribution < -0.4 is 0 Å². The third-order valence-electron chi connectivity index (χ3n) is 7.00. The zero-order valence-corrected chi connectivity index (χ0v) is 18.9. The van der Waals surface area contributed by atoms with Gasteiger partial charge in [0.2, 0.25) is 0 Å². The van der Waals surface area contributed by atoms with Gasteiger partial charge in [-0.25, -0.2) is 9.59 Å². The number of aliphatic carboxylic acids is 1. The van der Waals surface area contributed by atoms with E-state index in [4.69, 9.17) is 9.47 Å². The number of carbonyl (C=O) groups is 2. The Morgan fingerprint density at radius 2 is 1.56 bits per heavy atom. The molecule has 6 nitrogen and oxygen atoms in total. The zero-order chi connectivity index (χ0) is 22.9. The third-order valence-corrected chi connectivity index (χ3v) is 7.00. The van der Waals surface area contributed by atoms with Crippen LogP contribution >= 0.6 is 0 Å². The Bertz CT molecular complexity index is 948. The first-order valence-electron chi connectivity index (χ1n) is 11.3. The van der Waals surface area contributed by atoms with Crippen molar-refractivity contribution in [2.24, 2.45) is 0 Å². The Hall–Kier alpha value is -2.86. The van der Waals surface area contributed by atoms with Gasteiger partial charge in [0.05, 0.1) is 6.10 Å². The molecule has 2 aliphatic rings. The van der Waals surface area contributed by atoms with Crippen molar-refractivity contribution in [1.29, 1.82) is 0 Å². The second-order valence-electron chi connectivity index (χ2n) is 9.04. The normalized spacial score (nSPS) is 22.3. The number of hydrogen-bond acceptors (Lipinski definition) is 4. The Balaban J connectivity index is 1.56. The molecule has 4 rings (SSSR count). The monoisotopic (exact) mass is 437 g/mol. The van der Waals surface area contributed by atoms with Gasteiger partial charge in [0.25, 0.3) is 0 Å². The summed E-state index contributed by atoms with van der Waals surface area (Å²) in [6, 6.07) is 16.0. The van der Waals surface area contributed by atoms with Crippen LogP contribution in [0, 0.1) is 0 Å². The summed E-state index contributed by atoms with van der Waals surface area (Å²) in [7, 11) is 1.64. The van der Waals surface area contributed by atoms with E-state index >= 15 is 0 Å². The minimum atomic E-state index is -1.27. The highest BCUT2D eigenvalue weighted by Crippen LogP contribution is 2.45. The molecule has 6 heteroatoms. The lowest BCUT2D eigenvalue weighted by molar-refractivity contribution is -0.156. The van der Waals surface area contributed by atoms with Gasteiger partial charge in [0.15, 0.2) is 0 Å². The van der Waals surface area contributed by atoms with Crippen molar-refractivity contribution in [3.63, 3.8) is 0 Å². The zero-order valence-electron chi connectivity index (χ0n) is 18.9. The maximum atomic E-state index is 13.3. The molecule has 0 atom stereocenters. The third kappa shape index (κ3) is 3.77. The second-order valence-corrected chi connectivity index (χ2v) is 9.04. The molecule has 0 heterocycles. The molecule has 0 aromatic heterocycles. The minimum absolute atomic E-state index is 0.0269. The van der Waals surface area contributed by atoms with Crippen molar-refractivity contribution in [3.05, 3.63) is 59.7 Å². The molecule has 0 aliphatic heterocycles. The molecule has 1 saturated carbocycles. The summed E-state index contributed by atoms with van der Waals surface area (Å²) in [4.78, 5) is 27.2. The number of benzene rings is 2. The number of rotatable bonds is 6. The molecule has 0 radical (unpaired) electrons. The number of amides is 1. The first kappa shape index (κ1) is 22.3. The number of hydrogen-bond donors (Lipinski definition) is 1. The number of ether oxygens (including phenoxy) is 2. The fourth-order valence-corrected chi connectivity index (χ4v) is 5.41. The molecule has 1 fully saturated rings. The molecule has 0 unspecified atom stereocenters. The Labute approximate surface area is 189 Å². The van der Waals surface area contributed by atoms with Crippen LogP contribution in [0.2, 0.25) is 0 Å². The van der Waals surface area contributed by atoms with Crippen molar-refractivity contribution in [3.8, 4) is 11.1 Å². The van der Waals surface area contributed by atoms with E-state index in [1.54, 1.807) is 7.11 Å². The molecule has 2 aromatic carbocycles. The van der Waals surface area contributed by atoms with Crippen molar-refractivity contribution >= 4 is 12.1 Å². The molecule has 170 valence electrons. The van der Waals surface area contributed by atoms with Gasteiger partial charge in [-0.1, -0.05) is 48.5 Å². The molecule has 0 spiro atoms. The van der Waals surface area contributed by atoms with Crippen molar-refractivity contribution in [2.45, 2.75) is 63.1 Å². The van der Waals surface area contributed by atoms with E-state index in [-0.39, 0.29) is 24.7 Å². The van der Waals surface area contributed by atoms with Gasteiger partial charge in [0.1, 0.15) is 12.1 Å². The Morgan fingerprint density at radius 3 is 2.03 bits per heavy atom. The average molecular weight is 438 g/mol.